The van der Waals surface area contributed by atoms with Crippen LogP contribution in [0.25, 0.3) is 10.2 Å². The van der Waals surface area contributed by atoms with Crippen LogP contribution in [0.1, 0.15) is 24.8 Å². The second-order valence-corrected chi connectivity index (χ2v) is 7.45. The van der Waals surface area contributed by atoms with Gasteiger partial charge in [-0.05, 0) is 43.7 Å². The van der Waals surface area contributed by atoms with E-state index in [-0.39, 0.29) is 11.5 Å². The van der Waals surface area contributed by atoms with Gasteiger partial charge >= 0.3 is 0 Å². The lowest BCUT2D eigenvalue weighted by Crippen LogP contribution is -2.31. The number of nitrogens with zero attached hydrogens (tertiary/aromatic N) is 2. The molecule has 0 unspecified atom stereocenters. The molecule has 1 N–H and O–H groups in total. The molecule has 0 aliphatic carbocycles. The summed E-state index contributed by atoms with van der Waals surface area (Å²) in [6.07, 6.45) is 2.31. The number of benzene rings is 1. The Kier molecular flexibility index (Phi) is 4.82. The molecule has 3 aromatic rings. The van der Waals surface area contributed by atoms with Gasteiger partial charge in [-0.15, -0.1) is 11.3 Å². The van der Waals surface area contributed by atoms with E-state index in [0.29, 0.717) is 15.9 Å². The molecule has 1 amide bonds. The van der Waals surface area contributed by atoms with Crippen LogP contribution in [0.2, 0.25) is 0 Å². The molecular formula is C17H16BrN3O2S. The van der Waals surface area contributed by atoms with Gasteiger partial charge < -0.3 is 5.32 Å². The Bertz CT molecular complexity index is 947. The lowest BCUT2D eigenvalue weighted by atomic mass is 10.2. The molecule has 0 aliphatic rings. The van der Waals surface area contributed by atoms with Crippen LogP contribution in [0.15, 0.2) is 45.9 Å². The molecule has 24 heavy (non-hydrogen) atoms. The smallest absolute Gasteiger partial charge is 0.262 e. The number of halogens is 1. The molecule has 0 bridgehead atoms. The largest absolute Gasteiger partial charge is 0.324 e. The van der Waals surface area contributed by atoms with Gasteiger partial charge in [0.2, 0.25) is 5.91 Å². The van der Waals surface area contributed by atoms with Gasteiger partial charge in [0.05, 0.1) is 11.7 Å². The van der Waals surface area contributed by atoms with Gasteiger partial charge in [0.1, 0.15) is 10.9 Å². The van der Waals surface area contributed by atoms with Crippen molar-refractivity contribution in [2.24, 2.45) is 0 Å². The minimum Gasteiger partial charge on any atom is -0.324 e. The Morgan fingerprint density at radius 3 is 2.75 bits per heavy atom. The predicted molar refractivity (Wildman–Crippen MR) is 101 cm³/mol. The third-order valence-corrected chi connectivity index (χ3v) is 5.50. The molecule has 0 aliphatic heterocycles. The number of hydrogen-bond donors (Lipinski definition) is 1. The molecule has 2 heterocycles. The first-order valence-electron chi connectivity index (χ1n) is 7.55. The second kappa shape index (κ2) is 6.86. The third kappa shape index (κ3) is 3.27. The topological polar surface area (TPSA) is 64.0 Å². The summed E-state index contributed by atoms with van der Waals surface area (Å²) in [5, 5.41) is 3.39. The number of hydrogen-bond acceptors (Lipinski definition) is 4. The summed E-state index contributed by atoms with van der Waals surface area (Å²) in [4.78, 5) is 31.2. The van der Waals surface area contributed by atoms with Crippen LogP contribution >= 0.6 is 27.3 Å². The Balaban J connectivity index is 1.88. The van der Waals surface area contributed by atoms with Crippen molar-refractivity contribution in [3.05, 3.63) is 56.4 Å². The first-order valence-corrected chi connectivity index (χ1v) is 9.16. The quantitative estimate of drug-likeness (QED) is 0.713. The SMILES string of the molecule is CCc1cc2c(=O)n([C@H](C)C(=O)Nc3ccc(Br)cc3)cnc2s1. The zero-order valence-corrected chi connectivity index (χ0v) is 15.6. The van der Waals surface area contributed by atoms with Crippen molar-refractivity contribution in [3.63, 3.8) is 0 Å². The van der Waals surface area contributed by atoms with Gasteiger partial charge in [0.15, 0.2) is 0 Å². The molecule has 5 nitrogen and oxygen atoms in total. The van der Waals surface area contributed by atoms with Crippen LogP contribution in [0.4, 0.5) is 5.69 Å². The maximum absolute atomic E-state index is 12.6. The van der Waals surface area contributed by atoms with E-state index in [1.165, 1.54) is 22.2 Å². The lowest BCUT2D eigenvalue weighted by Gasteiger charge is -2.14. The fraction of sp³-hybridized carbons (Fsp3) is 0.235. The highest BCUT2D eigenvalue weighted by Gasteiger charge is 2.18. The Labute approximate surface area is 151 Å². The highest BCUT2D eigenvalue weighted by atomic mass is 79.9. The van der Waals surface area contributed by atoms with Crippen LogP contribution < -0.4 is 10.9 Å². The molecule has 2 aromatic heterocycles. The van der Waals surface area contributed by atoms with Gasteiger partial charge in [-0.1, -0.05) is 22.9 Å². The van der Waals surface area contributed by atoms with Gasteiger partial charge in [-0.3, -0.25) is 14.2 Å². The van der Waals surface area contributed by atoms with Crippen molar-refractivity contribution >= 4 is 49.1 Å². The van der Waals surface area contributed by atoms with Crippen LogP contribution in [0, 0.1) is 0 Å². The maximum atomic E-state index is 12.6. The molecule has 3 rings (SSSR count). The molecule has 124 valence electrons. The van der Waals surface area contributed by atoms with Gasteiger partial charge in [-0.2, -0.15) is 0 Å². The van der Waals surface area contributed by atoms with Crippen LogP contribution in [0.3, 0.4) is 0 Å². The summed E-state index contributed by atoms with van der Waals surface area (Å²) >= 11 is 4.87. The average molecular weight is 406 g/mol. The Morgan fingerprint density at radius 2 is 2.08 bits per heavy atom. The molecule has 0 spiro atoms. The monoisotopic (exact) mass is 405 g/mol. The van der Waals surface area contributed by atoms with E-state index >= 15 is 0 Å². The van der Waals surface area contributed by atoms with E-state index in [9.17, 15) is 9.59 Å². The zero-order chi connectivity index (χ0) is 17.3. The van der Waals surface area contributed by atoms with Crippen molar-refractivity contribution in [2.75, 3.05) is 5.32 Å². The predicted octanol–water partition coefficient (Wildman–Crippen LogP) is 3.98. The van der Waals surface area contributed by atoms with Crippen molar-refractivity contribution in [1.29, 1.82) is 0 Å². The van der Waals surface area contributed by atoms with Gasteiger partial charge in [-0.25, -0.2) is 4.98 Å². The zero-order valence-electron chi connectivity index (χ0n) is 13.2. The number of fused-ring (bicyclic) bond motifs is 1. The summed E-state index contributed by atoms with van der Waals surface area (Å²) in [5.41, 5.74) is 0.496. The van der Waals surface area contributed by atoms with E-state index in [4.69, 9.17) is 0 Å². The molecule has 1 aromatic carbocycles. The molecule has 7 heteroatoms. The van der Waals surface area contributed by atoms with E-state index in [0.717, 1.165) is 15.8 Å². The molecule has 0 saturated heterocycles. The Hall–Kier alpha value is -1.99. The summed E-state index contributed by atoms with van der Waals surface area (Å²) in [7, 11) is 0. The van der Waals surface area contributed by atoms with Crippen LogP contribution in [-0.2, 0) is 11.2 Å². The van der Waals surface area contributed by atoms with E-state index in [1.54, 1.807) is 19.1 Å². The van der Waals surface area contributed by atoms with Crippen LogP contribution in [0.5, 0.6) is 0 Å². The standard InChI is InChI=1S/C17H16BrN3O2S/c1-3-13-8-14-16(24-13)19-9-21(17(14)23)10(2)15(22)20-12-6-4-11(18)5-7-12/h4-10H,3H2,1-2H3,(H,20,22)/t10-/m1/s1. The first-order chi connectivity index (χ1) is 11.5. The van der Waals surface area contributed by atoms with E-state index in [2.05, 4.69) is 26.2 Å². The summed E-state index contributed by atoms with van der Waals surface area (Å²) in [5.74, 6) is -0.258. The number of aromatic nitrogens is 2. The fourth-order valence-electron chi connectivity index (χ4n) is 2.34. The van der Waals surface area contributed by atoms with Crippen LogP contribution in [-0.4, -0.2) is 15.5 Å². The maximum Gasteiger partial charge on any atom is 0.262 e. The number of nitrogens with one attached hydrogen (secondary N) is 1. The highest BCUT2D eigenvalue weighted by molar-refractivity contribution is 9.10. The van der Waals surface area contributed by atoms with Crippen molar-refractivity contribution < 1.29 is 4.79 Å². The summed E-state index contributed by atoms with van der Waals surface area (Å²) < 4.78 is 2.31. The van der Waals surface area contributed by atoms with Crippen molar-refractivity contribution in [3.8, 4) is 0 Å². The molecular weight excluding hydrogens is 390 g/mol. The lowest BCUT2D eigenvalue weighted by molar-refractivity contribution is -0.118. The number of thiophene rings is 1. The molecule has 0 saturated carbocycles. The summed E-state index contributed by atoms with van der Waals surface area (Å²) in [6, 6.07) is 8.50. The third-order valence-electron chi connectivity index (χ3n) is 3.78. The van der Waals surface area contributed by atoms with E-state index < -0.39 is 6.04 Å². The van der Waals surface area contributed by atoms with Crippen molar-refractivity contribution in [1.82, 2.24) is 9.55 Å². The van der Waals surface area contributed by atoms with Gasteiger partial charge in [0.25, 0.3) is 5.56 Å². The molecule has 1 atom stereocenters. The highest BCUT2D eigenvalue weighted by Crippen LogP contribution is 2.22. The number of carbonyl (C=O) groups is 1. The number of rotatable bonds is 4. The Morgan fingerprint density at radius 1 is 1.38 bits per heavy atom. The van der Waals surface area contributed by atoms with Crippen molar-refractivity contribution in [2.45, 2.75) is 26.3 Å². The van der Waals surface area contributed by atoms with Gasteiger partial charge in [0, 0.05) is 15.0 Å². The minimum absolute atomic E-state index is 0.186. The average Bonchev–Trinajstić information content (AvgIpc) is 3.01. The molecule has 0 fully saturated rings. The number of amides is 1. The first kappa shape index (κ1) is 16.9. The van der Waals surface area contributed by atoms with E-state index in [1.807, 2.05) is 25.1 Å². The summed E-state index contributed by atoms with van der Waals surface area (Å²) in [6.45, 7) is 3.73. The second-order valence-electron chi connectivity index (χ2n) is 5.41. The fourth-order valence-corrected chi connectivity index (χ4v) is 3.53. The molecule has 0 radical (unpaired) electrons. The number of aryl methyl sites for hydroxylation is 1. The number of carbonyl (C=O) groups excluding carboxylic acids is 1. The normalized spacial score (nSPS) is 12.3. The minimum atomic E-state index is -0.650. The number of anilines is 1.